The van der Waals surface area contributed by atoms with E-state index in [9.17, 15) is 9.59 Å². The van der Waals surface area contributed by atoms with Gasteiger partial charge in [0.2, 0.25) is 11.8 Å². The van der Waals surface area contributed by atoms with E-state index in [1.165, 1.54) is 0 Å². The van der Waals surface area contributed by atoms with Crippen LogP contribution in [0, 0.1) is 0 Å². The van der Waals surface area contributed by atoms with Crippen molar-refractivity contribution in [3.63, 3.8) is 0 Å². The van der Waals surface area contributed by atoms with Gasteiger partial charge in [-0.2, -0.15) is 0 Å². The molecule has 0 atom stereocenters. The van der Waals surface area contributed by atoms with Crippen molar-refractivity contribution in [2.45, 2.75) is 12.8 Å². The van der Waals surface area contributed by atoms with E-state index in [1.54, 1.807) is 18.7 Å². The maximum Gasteiger partial charge on any atom is 0.230 e. The highest BCUT2D eigenvalue weighted by molar-refractivity contribution is 9.10. The van der Waals surface area contributed by atoms with Gasteiger partial charge < -0.3 is 15.1 Å². The van der Waals surface area contributed by atoms with Crippen LogP contribution >= 0.6 is 15.9 Å². The van der Waals surface area contributed by atoms with E-state index in [-0.39, 0.29) is 11.8 Å². The number of aromatic nitrogens is 2. The van der Waals surface area contributed by atoms with E-state index < -0.39 is 0 Å². The molecule has 0 saturated carbocycles. The summed E-state index contributed by atoms with van der Waals surface area (Å²) in [7, 11) is 0. The maximum absolute atomic E-state index is 11.1. The molecular weight excluding hydrogens is 400 g/mol. The molecule has 2 amide bonds. The minimum Gasteiger partial charge on any atom is -0.464 e. The first-order valence-electron chi connectivity index (χ1n) is 7.85. The van der Waals surface area contributed by atoms with E-state index >= 15 is 0 Å². The van der Waals surface area contributed by atoms with Gasteiger partial charge in [-0.15, -0.1) is 0 Å². The standard InChI is InChI=1S/C11H8N2O2.C7H5BrN2O/c14-10-5-7-4-8(6-12-11(7)13-10)9-2-1-3-15-9;8-5-1-4-2-6(11)10-7(4)9-3-5/h1-4,6H,5H2,(H,12,13,14);1,3H,2H2,(H,9,10,11). The highest BCUT2D eigenvalue weighted by Crippen LogP contribution is 2.26. The second kappa shape index (κ2) is 6.72. The zero-order chi connectivity index (χ0) is 18.1. The van der Waals surface area contributed by atoms with Gasteiger partial charge in [-0.3, -0.25) is 9.59 Å². The summed E-state index contributed by atoms with van der Waals surface area (Å²) in [4.78, 5) is 30.2. The Labute approximate surface area is 157 Å². The number of pyridine rings is 2. The number of fused-ring (bicyclic) bond motifs is 2. The number of carbonyl (C=O) groups excluding carboxylic acids is 2. The highest BCUT2D eigenvalue weighted by atomic mass is 79.9. The van der Waals surface area contributed by atoms with Crippen LogP contribution in [0.4, 0.5) is 11.6 Å². The first-order valence-corrected chi connectivity index (χ1v) is 8.65. The zero-order valence-electron chi connectivity index (χ0n) is 13.5. The van der Waals surface area contributed by atoms with Gasteiger partial charge >= 0.3 is 0 Å². The molecule has 0 aliphatic carbocycles. The third-order valence-corrected chi connectivity index (χ3v) is 4.36. The van der Waals surface area contributed by atoms with E-state index in [0.29, 0.717) is 24.5 Å². The molecule has 8 heteroatoms. The lowest BCUT2D eigenvalue weighted by Gasteiger charge is -1.99. The molecule has 0 aromatic carbocycles. The summed E-state index contributed by atoms with van der Waals surface area (Å²) in [5, 5.41) is 5.34. The molecule has 0 unspecified atom stereocenters. The predicted octanol–water partition coefficient (Wildman–Crippen LogP) is 3.17. The third-order valence-electron chi connectivity index (χ3n) is 3.92. The van der Waals surface area contributed by atoms with Gasteiger partial charge in [0.05, 0.1) is 19.1 Å². The van der Waals surface area contributed by atoms with E-state index in [1.807, 2.05) is 24.3 Å². The average molecular weight is 413 g/mol. The number of nitrogens with zero attached hydrogens (tertiary/aromatic N) is 2. The number of furan rings is 1. The SMILES string of the molecule is O=C1Cc2cc(-c3ccco3)cnc2N1.O=C1Cc2cc(Br)cnc2N1. The molecule has 26 heavy (non-hydrogen) atoms. The molecule has 7 nitrogen and oxygen atoms in total. The Kier molecular flexibility index (Phi) is 4.26. The Hall–Kier alpha value is -3.00. The van der Waals surface area contributed by atoms with E-state index in [0.717, 1.165) is 26.9 Å². The second-order valence-electron chi connectivity index (χ2n) is 5.82. The zero-order valence-corrected chi connectivity index (χ0v) is 15.0. The molecule has 3 aromatic rings. The summed E-state index contributed by atoms with van der Waals surface area (Å²) in [5.41, 5.74) is 2.79. The van der Waals surface area contributed by atoms with Crippen molar-refractivity contribution in [1.82, 2.24) is 9.97 Å². The molecule has 0 spiro atoms. The number of nitrogens with one attached hydrogen (secondary N) is 2. The summed E-state index contributed by atoms with van der Waals surface area (Å²) in [6, 6.07) is 7.53. The Morgan fingerprint density at radius 3 is 2.27 bits per heavy atom. The van der Waals surface area contributed by atoms with Crippen LogP contribution in [0.5, 0.6) is 0 Å². The fourth-order valence-electron chi connectivity index (χ4n) is 2.76. The fourth-order valence-corrected chi connectivity index (χ4v) is 3.14. The Morgan fingerprint density at radius 1 is 0.962 bits per heavy atom. The molecule has 0 fully saturated rings. The average Bonchev–Trinajstić information content (AvgIpc) is 3.32. The first kappa shape index (κ1) is 16.5. The lowest BCUT2D eigenvalue weighted by Crippen LogP contribution is -2.04. The molecule has 5 heterocycles. The van der Waals surface area contributed by atoms with Crippen LogP contribution in [0.1, 0.15) is 11.1 Å². The van der Waals surface area contributed by atoms with Crippen LogP contribution in [0.2, 0.25) is 0 Å². The normalized spacial score (nSPS) is 14.0. The Balaban J connectivity index is 0.000000136. The molecule has 5 rings (SSSR count). The second-order valence-corrected chi connectivity index (χ2v) is 6.74. The lowest BCUT2D eigenvalue weighted by molar-refractivity contribution is -0.115. The van der Waals surface area contributed by atoms with Crippen molar-refractivity contribution >= 4 is 39.4 Å². The smallest absolute Gasteiger partial charge is 0.230 e. The number of hydrogen-bond acceptors (Lipinski definition) is 5. The van der Waals surface area contributed by atoms with Crippen LogP contribution in [0.15, 0.2) is 51.8 Å². The molecule has 130 valence electrons. The van der Waals surface area contributed by atoms with Crippen molar-refractivity contribution < 1.29 is 14.0 Å². The van der Waals surface area contributed by atoms with Gasteiger partial charge in [0.1, 0.15) is 17.4 Å². The van der Waals surface area contributed by atoms with E-state index in [2.05, 4.69) is 36.5 Å². The summed E-state index contributed by atoms with van der Waals surface area (Å²) < 4.78 is 6.17. The van der Waals surface area contributed by atoms with Crippen molar-refractivity contribution in [2.24, 2.45) is 0 Å². The molecule has 0 saturated heterocycles. The molecule has 2 aliphatic rings. The van der Waals surface area contributed by atoms with Crippen LogP contribution < -0.4 is 10.6 Å². The number of anilines is 2. The number of rotatable bonds is 1. The fraction of sp³-hybridized carbons (Fsp3) is 0.111. The van der Waals surface area contributed by atoms with Gasteiger partial charge in [0.15, 0.2) is 0 Å². The van der Waals surface area contributed by atoms with E-state index in [4.69, 9.17) is 4.42 Å². The van der Waals surface area contributed by atoms with Crippen LogP contribution in [-0.4, -0.2) is 21.8 Å². The van der Waals surface area contributed by atoms with Crippen LogP contribution in [-0.2, 0) is 22.4 Å². The Bertz CT molecular complexity index is 1000. The molecular formula is C18H13BrN4O3. The van der Waals surface area contributed by atoms with Gasteiger partial charge in [-0.25, -0.2) is 9.97 Å². The number of hydrogen-bond donors (Lipinski definition) is 2. The van der Waals surface area contributed by atoms with Crippen molar-refractivity contribution in [1.29, 1.82) is 0 Å². The minimum atomic E-state index is -0.00547. The molecule has 3 aromatic heterocycles. The summed E-state index contributed by atoms with van der Waals surface area (Å²) >= 11 is 3.28. The van der Waals surface area contributed by atoms with Crippen LogP contribution in [0.25, 0.3) is 11.3 Å². The molecule has 2 N–H and O–H groups in total. The number of amides is 2. The van der Waals surface area contributed by atoms with Gasteiger partial charge in [0.25, 0.3) is 0 Å². The predicted molar refractivity (Wildman–Crippen MR) is 98.5 cm³/mol. The van der Waals surface area contributed by atoms with Gasteiger partial charge in [0, 0.05) is 33.6 Å². The highest BCUT2D eigenvalue weighted by Gasteiger charge is 2.20. The monoisotopic (exact) mass is 412 g/mol. The first-order chi connectivity index (χ1) is 12.6. The lowest BCUT2D eigenvalue weighted by atomic mass is 10.1. The van der Waals surface area contributed by atoms with Gasteiger partial charge in [-0.05, 0) is 40.2 Å². The maximum atomic E-state index is 11.1. The Morgan fingerprint density at radius 2 is 1.62 bits per heavy atom. The molecule has 0 radical (unpaired) electrons. The van der Waals surface area contributed by atoms with Crippen molar-refractivity contribution in [3.8, 4) is 11.3 Å². The quantitative estimate of drug-likeness (QED) is 0.639. The third kappa shape index (κ3) is 3.36. The summed E-state index contributed by atoms with van der Waals surface area (Å²) in [6.07, 6.45) is 5.83. The molecule has 0 bridgehead atoms. The van der Waals surface area contributed by atoms with Crippen LogP contribution in [0.3, 0.4) is 0 Å². The van der Waals surface area contributed by atoms with Crippen molar-refractivity contribution in [3.05, 3.63) is 58.5 Å². The number of carbonyl (C=O) groups is 2. The minimum absolute atomic E-state index is 0.00547. The summed E-state index contributed by atoms with van der Waals surface area (Å²) in [5.74, 6) is 2.14. The largest absolute Gasteiger partial charge is 0.464 e. The number of halogens is 1. The topological polar surface area (TPSA) is 97.1 Å². The molecule has 2 aliphatic heterocycles. The summed E-state index contributed by atoms with van der Waals surface area (Å²) in [6.45, 7) is 0. The van der Waals surface area contributed by atoms with Gasteiger partial charge in [-0.1, -0.05) is 0 Å². The van der Waals surface area contributed by atoms with Crippen molar-refractivity contribution in [2.75, 3.05) is 10.6 Å².